The standard InChI is InChI=1S/C10H21NO6S2/c1-8(9(12)17-10(2,3)4)11-19(15,16)7-6-18(5,13)14/h8,11H,6-7H2,1-5H3/t8-/m1/s1. The summed E-state index contributed by atoms with van der Waals surface area (Å²) in [7, 11) is -7.22. The lowest BCUT2D eigenvalue weighted by molar-refractivity contribution is -0.156. The molecule has 1 atom stereocenters. The Labute approximate surface area is 114 Å². The molecule has 7 nitrogen and oxygen atoms in total. The minimum Gasteiger partial charge on any atom is -0.459 e. The molecule has 114 valence electrons. The molecule has 0 fully saturated rings. The van der Waals surface area contributed by atoms with Gasteiger partial charge in [0.05, 0.1) is 11.5 Å². The van der Waals surface area contributed by atoms with Gasteiger partial charge in [0.25, 0.3) is 0 Å². The summed E-state index contributed by atoms with van der Waals surface area (Å²) in [4.78, 5) is 11.6. The molecule has 0 spiro atoms. The van der Waals surface area contributed by atoms with Gasteiger partial charge in [0.2, 0.25) is 10.0 Å². The Kier molecular flexibility index (Phi) is 5.97. The summed E-state index contributed by atoms with van der Waals surface area (Å²) in [5, 5.41) is 0. The maximum Gasteiger partial charge on any atom is 0.324 e. The molecule has 0 unspecified atom stereocenters. The smallest absolute Gasteiger partial charge is 0.324 e. The van der Waals surface area contributed by atoms with Gasteiger partial charge in [-0.15, -0.1) is 0 Å². The molecule has 0 saturated heterocycles. The van der Waals surface area contributed by atoms with Gasteiger partial charge in [-0.1, -0.05) is 0 Å². The molecule has 0 saturated carbocycles. The van der Waals surface area contributed by atoms with E-state index in [0.717, 1.165) is 6.26 Å². The third-order valence-electron chi connectivity index (χ3n) is 1.84. The first-order valence-electron chi connectivity index (χ1n) is 5.62. The van der Waals surface area contributed by atoms with Crippen molar-refractivity contribution in [2.75, 3.05) is 17.8 Å². The summed E-state index contributed by atoms with van der Waals surface area (Å²) in [6.07, 6.45) is 0.944. The minimum absolute atomic E-state index is 0.497. The fourth-order valence-corrected chi connectivity index (χ4v) is 3.87. The fourth-order valence-electron chi connectivity index (χ4n) is 1.03. The van der Waals surface area contributed by atoms with Crippen LogP contribution in [0.2, 0.25) is 0 Å². The van der Waals surface area contributed by atoms with E-state index in [1.807, 2.05) is 0 Å². The lowest BCUT2D eigenvalue weighted by Gasteiger charge is -2.22. The predicted molar refractivity (Wildman–Crippen MR) is 71.9 cm³/mol. The van der Waals surface area contributed by atoms with Crippen molar-refractivity contribution in [1.82, 2.24) is 4.72 Å². The Balaban J connectivity index is 4.55. The van der Waals surface area contributed by atoms with Crippen molar-refractivity contribution in [3.8, 4) is 0 Å². The van der Waals surface area contributed by atoms with E-state index < -0.39 is 49.0 Å². The lowest BCUT2D eigenvalue weighted by Crippen LogP contribution is -2.43. The Bertz CT molecular complexity index is 515. The average molecular weight is 315 g/mol. The molecule has 1 N–H and O–H groups in total. The van der Waals surface area contributed by atoms with E-state index >= 15 is 0 Å². The zero-order valence-electron chi connectivity index (χ0n) is 11.8. The number of nitrogens with one attached hydrogen (secondary N) is 1. The van der Waals surface area contributed by atoms with Crippen LogP contribution in [0.4, 0.5) is 0 Å². The molecule has 0 aromatic heterocycles. The summed E-state index contributed by atoms with van der Waals surface area (Å²) in [6.45, 7) is 6.33. The number of carbonyl (C=O) groups excluding carboxylic acids is 1. The Morgan fingerprint density at radius 1 is 1.16 bits per heavy atom. The molecule has 0 rings (SSSR count). The zero-order valence-corrected chi connectivity index (χ0v) is 13.4. The molecular weight excluding hydrogens is 294 g/mol. The van der Waals surface area contributed by atoms with E-state index in [4.69, 9.17) is 4.74 Å². The van der Waals surface area contributed by atoms with Gasteiger partial charge < -0.3 is 4.74 Å². The number of rotatable bonds is 6. The van der Waals surface area contributed by atoms with Gasteiger partial charge in [-0.25, -0.2) is 21.6 Å². The molecule has 0 bridgehead atoms. The molecule has 0 radical (unpaired) electrons. The second kappa shape index (κ2) is 6.19. The van der Waals surface area contributed by atoms with Crippen LogP contribution in [0.25, 0.3) is 0 Å². The summed E-state index contributed by atoms with van der Waals surface area (Å²) < 4.78 is 52.0. The Morgan fingerprint density at radius 3 is 2.00 bits per heavy atom. The lowest BCUT2D eigenvalue weighted by atomic mass is 10.2. The van der Waals surface area contributed by atoms with Crippen LogP contribution < -0.4 is 4.72 Å². The molecular formula is C10H21NO6S2. The summed E-state index contributed by atoms with van der Waals surface area (Å²) >= 11 is 0. The normalized spacial score (nSPS) is 15.0. The molecule has 0 aliphatic heterocycles. The number of sulfone groups is 1. The van der Waals surface area contributed by atoms with Gasteiger partial charge in [0.1, 0.15) is 21.5 Å². The topological polar surface area (TPSA) is 107 Å². The summed E-state index contributed by atoms with van der Waals surface area (Å²) in [5.74, 6) is -1.79. The maximum absolute atomic E-state index is 11.6. The third-order valence-corrected chi connectivity index (χ3v) is 4.50. The van der Waals surface area contributed by atoms with Crippen LogP contribution in [-0.2, 0) is 29.4 Å². The van der Waals surface area contributed by atoms with Crippen molar-refractivity contribution in [2.45, 2.75) is 39.3 Å². The highest BCUT2D eigenvalue weighted by Crippen LogP contribution is 2.08. The van der Waals surface area contributed by atoms with Crippen molar-refractivity contribution < 1.29 is 26.4 Å². The predicted octanol–water partition coefficient (Wildman–Crippen LogP) is -0.319. The highest BCUT2D eigenvalue weighted by atomic mass is 32.2. The molecule has 0 aliphatic carbocycles. The van der Waals surface area contributed by atoms with Crippen LogP contribution in [0.15, 0.2) is 0 Å². The maximum atomic E-state index is 11.6. The van der Waals surface area contributed by atoms with E-state index in [9.17, 15) is 21.6 Å². The van der Waals surface area contributed by atoms with Crippen molar-refractivity contribution in [2.24, 2.45) is 0 Å². The number of ether oxygens (including phenoxy) is 1. The second-order valence-electron chi connectivity index (χ2n) is 5.32. The van der Waals surface area contributed by atoms with Gasteiger partial charge in [0, 0.05) is 6.26 Å². The van der Waals surface area contributed by atoms with Crippen LogP contribution >= 0.6 is 0 Å². The van der Waals surface area contributed by atoms with Crippen molar-refractivity contribution in [1.29, 1.82) is 0 Å². The van der Waals surface area contributed by atoms with Gasteiger partial charge in [0.15, 0.2) is 0 Å². The second-order valence-corrected chi connectivity index (χ2v) is 9.45. The molecule has 9 heteroatoms. The Morgan fingerprint density at radius 2 is 1.63 bits per heavy atom. The summed E-state index contributed by atoms with van der Waals surface area (Å²) in [5.41, 5.74) is -0.719. The highest BCUT2D eigenvalue weighted by molar-refractivity contribution is 7.93. The van der Waals surface area contributed by atoms with Crippen LogP contribution in [-0.4, -0.2) is 52.2 Å². The zero-order chi connectivity index (χ0) is 15.5. The minimum atomic E-state index is -3.84. The van der Waals surface area contributed by atoms with Crippen LogP contribution in [0.3, 0.4) is 0 Å². The van der Waals surface area contributed by atoms with E-state index in [-0.39, 0.29) is 0 Å². The SMILES string of the molecule is C[C@@H](NS(=O)(=O)CCS(C)(=O)=O)C(=O)OC(C)(C)C. The van der Waals surface area contributed by atoms with Crippen molar-refractivity contribution >= 4 is 25.8 Å². The van der Waals surface area contributed by atoms with E-state index in [0.29, 0.717) is 0 Å². The van der Waals surface area contributed by atoms with Crippen molar-refractivity contribution in [3.63, 3.8) is 0 Å². The highest BCUT2D eigenvalue weighted by Gasteiger charge is 2.25. The quantitative estimate of drug-likeness (QED) is 0.673. The summed E-state index contributed by atoms with van der Waals surface area (Å²) in [6, 6.07) is -1.07. The van der Waals surface area contributed by atoms with Crippen LogP contribution in [0, 0.1) is 0 Å². The number of hydrogen-bond acceptors (Lipinski definition) is 6. The number of carbonyl (C=O) groups is 1. The molecule has 0 amide bonds. The Hall–Kier alpha value is -0.670. The van der Waals surface area contributed by atoms with Gasteiger partial charge in [-0.3, -0.25) is 4.79 Å². The van der Waals surface area contributed by atoms with Gasteiger partial charge in [-0.05, 0) is 27.7 Å². The van der Waals surface area contributed by atoms with Crippen LogP contribution in [0.5, 0.6) is 0 Å². The van der Waals surface area contributed by atoms with Crippen molar-refractivity contribution in [3.05, 3.63) is 0 Å². The first-order valence-corrected chi connectivity index (χ1v) is 9.34. The molecule has 19 heavy (non-hydrogen) atoms. The number of sulfonamides is 1. The first kappa shape index (κ1) is 18.3. The molecule has 0 aromatic rings. The molecule has 0 aliphatic rings. The largest absolute Gasteiger partial charge is 0.459 e. The number of hydrogen-bond donors (Lipinski definition) is 1. The monoisotopic (exact) mass is 315 g/mol. The molecule has 0 heterocycles. The number of esters is 1. The van der Waals surface area contributed by atoms with Crippen LogP contribution in [0.1, 0.15) is 27.7 Å². The fraction of sp³-hybridized carbons (Fsp3) is 0.900. The van der Waals surface area contributed by atoms with E-state index in [1.54, 1.807) is 20.8 Å². The van der Waals surface area contributed by atoms with Gasteiger partial charge in [-0.2, -0.15) is 0 Å². The third kappa shape index (κ3) is 9.85. The first-order chi connectivity index (χ1) is 8.22. The average Bonchev–Trinajstić information content (AvgIpc) is 2.10. The molecule has 0 aromatic carbocycles. The van der Waals surface area contributed by atoms with Gasteiger partial charge >= 0.3 is 5.97 Å². The van der Waals surface area contributed by atoms with E-state index in [1.165, 1.54) is 6.92 Å². The van der Waals surface area contributed by atoms with E-state index in [2.05, 4.69) is 4.72 Å².